The number of nitrogens with zero attached hydrogens (tertiary/aromatic N) is 2. The summed E-state index contributed by atoms with van der Waals surface area (Å²) in [5.41, 5.74) is 3.38. The third-order valence-corrected chi connectivity index (χ3v) is 4.71. The van der Waals surface area contributed by atoms with Gasteiger partial charge in [-0.25, -0.2) is 4.98 Å². The number of benzene rings is 2. The maximum Gasteiger partial charge on any atom is 0.255 e. The summed E-state index contributed by atoms with van der Waals surface area (Å²) in [6.45, 7) is 0. The number of pyridine rings is 1. The molecule has 5 heteroatoms. The number of rotatable bonds is 3. The highest BCUT2D eigenvalue weighted by atomic mass is 32.1. The Bertz CT molecular complexity index is 961. The normalized spacial score (nSPS) is 10.7. The summed E-state index contributed by atoms with van der Waals surface area (Å²) in [6, 6.07) is 19.2. The molecule has 0 aliphatic heterocycles. The molecule has 4 nitrogen and oxygen atoms in total. The lowest BCUT2D eigenvalue weighted by molar-refractivity contribution is 0.102. The van der Waals surface area contributed by atoms with Crippen LogP contribution >= 0.6 is 11.3 Å². The SMILES string of the molecule is O=C(Nc1ccc(-c2nc3ccccc3s2)cc1)c1ccncc1. The Labute approximate surface area is 142 Å². The number of amides is 1. The lowest BCUT2D eigenvalue weighted by Gasteiger charge is -2.05. The monoisotopic (exact) mass is 331 g/mol. The minimum absolute atomic E-state index is 0.148. The fourth-order valence-electron chi connectivity index (χ4n) is 2.40. The van der Waals surface area contributed by atoms with Crippen LogP contribution in [-0.2, 0) is 0 Å². The first-order chi connectivity index (χ1) is 11.8. The van der Waals surface area contributed by atoms with E-state index in [1.807, 2.05) is 42.5 Å². The first kappa shape index (κ1) is 14.5. The fraction of sp³-hybridized carbons (Fsp3) is 0. The topological polar surface area (TPSA) is 54.9 Å². The first-order valence-corrected chi connectivity index (χ1v) is 8.29. The zero-order chi connectivity index (χ0) is 16.4. The molecule has 2 aromatic heterocycles. The second-order valence-corrected chi connectivity index (χ2v) is 6.28. The Morgan fingerprint density at radius 1 is 0.917 bits per heavy atom. The molecule has 0 radical (unpaired) electrons. The second-order valence-electron chi connectivity index (χ2n) is 5.25. The molecule has 4 rings (SSSR count). The Morgan fingerprint density at radius 2 is 1.67 bits per heavy atom. The van der Waals surface area contributed by atoms with Crippen molar-refractivity contribution in [2.24, 2.45) is 0 Å². The van der Waals surface area contributed by atoms with Gasteiger partial charge in [0.15, 0.2) is 0 Å². The van der Waals surface area contributed by atoms with Gasteiger partial charge in [-0.05, 0) is 48.5 Å². The van der Waals surface area contributed by atoms with E-state index >= 15 is 0 Å². The van der Waals surface area contributed by atoms with Gasteiger partial charge in [-0.3, -0.25) is 9.78 Å². The highest BCUT2D eigenvalue weighted by Gasteiger charge is 2.08. The molecule has 24 heavy (non-hydrogen) atoms. The van der Waals surface area contributed by atoms with Gasteiger partial charge in [-0.15, -0.1) is 11.3 Å². The van der Waals surface area contributed by atoms with E-state index in [4.69, 9.17) is 0 Å². The number of carbonyl (C=O) groups excluding carboxylic acids is 1. The van der Waals surface area contributed by atoms with Crippen molar-refractivity contribution in [1.29, 1.82) is 0 Å². The van der Waals surface area contributed by atoms with Gasteiger partial charge in [0.05, 0.1) is 10.2 Å². The number of nitrogens with one attached hydrogen (secondary N) is 1. The van der Waals surface area contributed by atoms with Gasteiger partial charge in [0.2, 0.25) is 0 Å². The number of aromatic nitrogens is 2. The van der Waals surface area contributed by atoms with Crippen molar-refractivity contribution in [3.8, 4) is 10.6 Å². The Kier molecular flexibility index (Phi) is 3.76. The van der Waals surface area contributed by atoms with Crippen molar-refractivity contribution in [2.75, 3.05) is 5.32 Å². The van der Waals surface area contributed by atoms with E-state index in [1.54, 1.807) is 35.9 Å². The van der Waals surface area contributed by atoms with Crippen LogP contribution in [-0.4, -0.2) is 15.9 Å². The van der Waals surface area contributed by atoms with E-state index in [9.17, 15) is 4.79 Å². The molecule has 0 saturated heterocycles. The summed E-state index contributed by atoms with van der Waals surface area (Å²) in [5.74, 6) is -0.148. The van der Waals surface area contributed by atoms with E-state index in [0.717, 1.165) is 21.8 Å². The summed E-state index contributed by atoms with van der Waals surface area (Å²) in [7, 11) is 0. The molecule has 4 aromatic rings. The molecule has 0 aliphatic carbocycles. The molecule has 116 valence electrons. The number of hydrogen-bond acceptors (Lipinski definition) is 4. The van der Waals surface area contributed by atoms with Gasteiger partial charge in [0, 0.05) is 29.2 Å². The molecule has 2 aromatic carbocycles. The van der Waals surface area contributed by atoms with Crippen molar-refractivity contribution in [1.82, 2.24) is 9.97 Å². The van der Waals surface area contributed by atoms with E-state index in [2.05, 4.69) is 21.4 Å². The zero-order valence-electron chi connectivity index (χ0n) is 12.6. The molecular formula is C19H13N3OS. The smallest absolute Gasteiger partial charge is 0.255 e. The molecule has 0 bridgehead atoms. The van der Waals surface area contributed by atoms with Crippen LogP contribution in [0.15, 0.2) is 73.1 Å². The Balaban J connectivity index is 1.55. The van der Waals surface area contributed by atoms with Crippen molar-refractivity contribution in [3.05, 3.63) is 78.6 Å². The Morgan fingerprint density at radius 3 is 2.42 bits per heavy atom. The molecule has 0 atom stereocenters. The van der Waals surface area contributed by atoms with Gasteiger partial charge < -0.3 is 5.32 Å². The molecule has 0 saturated carbocycles. The predicted octanol–water partition coefficient (Wildman–Crippen LogP) is 4.61. The van der Waals surface area contributed by atoms with E-state index in [-0.39, 0.29) is 5.91 Å². The van der Waals surface area contributed by atoms with Gasteiger partial charge in [0.25, 0.3) is 5.91 Å². The number of hydrogen-bond donors (Lipinski definition) is 1. The van der Waals surface area contributed by atoms with Crippen LogP contribution in [0.25, 0.3) is 20.8 Å². The highest BCUT2D eigenvalue weighted by molar-refractivity contribution is 7.21. The number of fused-ring (bicyclic) bond motifs is 1. The van der Waals surface area contributed by atoms with E-state index < -0.39 is 0 Å². The van der Waals surface area contributed by atoms with Crippen LogP contribution in [0.3, 0.4) is 0 Å². The molecule has 0 spiro atoms. The lowest BCUT2D eigenvalue weighted by Crippen LogP contribution is -2.11. The van der Waals surface area contributed by atoms with Crippen LogP contribution in [0, 0.1) is 0 Å². The van der Waals surface area contributed by atoms with Gasteiger partial charge >= 0.3 is 0 Å². The molecular weight excluding hydrogens is 318 g/mol. The Hall–Kier alpha value is -3.05. The van der Waals surface area contributed by atoms with Crippen LogP contribution in [0.1, 0.15) is 10.4 Å². The molecule has 1 N–H and O–H groups in total. The molecule has 0 fully saturated rings. The van der Waals surface area contributed by atoms with Crippen LogP contribution < -0.4 is 5.32 Å². The van der Waals surface area contributed by atoms with Crippen LogP contribution in [0.2, 0.25) is 0 Å². The predicted molar refractivity (Wildman–Crippen MR) is 97.2 cm³/mol. The number of para-hydroxylation sites is 1. The quantitative estimate of drug-likeness (QED) is 0.596. The lowest BCUT2D eigenvalue weighted by atomic mass is 10.2. The maximum absolute atomic E-state index is 12.1. The maximum atomic E-state index is 12.1. The fourth-order valence-corrected chi connectivity index (χ4v) is 3.37. The van der Waals surface area contributed by atoms with Crippen LogP contribution in [0.5, 0.6) is 0 Å². The van der Waals surface area contributed by atoms with Gasteiger partial charge in [-0.1, -0.05) is 12.1 Å². The summed E-state index contributed by atoms with van der Waals surface area (Å²) in [6.07, 6.45) is 3.20. The third kappa shape index (κ3) is 2.89. The molecule has 1 amide bonds. The summed E-state index contributed by atoms with van der Waals surface area (Å²) < 4.78 is 1.17. The van der Waals surface area contributed by atoms with E-state index in [0.29, 0.717) is 5.56 Å². The number of carbonyl (C=O) groups is 1. The summed E-state index contributed by atoms with van der Waals surface area (Å²) >= 11 is 1.66. The minimum Gasteiger partial charge on any atom is -0.322 e. The highest BCUT2D eigenvalue weighted by Crippen LogP contribution is 2.30. The number of anilines is 1. The van der Waals surface area contributed by atoms with Crippen LogP contribution in [0.4, 0.5) is 5.69 Å². The van der Waals surface area contributed by atoms with E-state index in [1.165, 1.54) is 4.70 Å². The second kappa shape index (κ2) is 6.22. The molecule has 0 unspecified atom stereocenters. The molecule has 2 heterocycles. The van der Waals surface area contributed by atoms with Gasteiger partial charge in [-0.2, -0.15) is 0 Å². The third-order valence-electron chi connectivity index (χ3n) is 3.63. The van der Waals surface area contributed by atoms with Gasteiger partial charge in [0.1, 0.15) is 5.01 Å². The van der Waals surface area contributed by atoms with Crippen molar-refractivity contribution < 1.29 is 4.79 Å². The summed E-state index contributed by atoms with van der Waals surface area (Å²) in [5, 5.41) is 3.85. The summed E-state index contributed by atoms with van der Waals surface area (Å²) in [4.78, 5) is 20.7. The molecule has 0 aliphatic rings. The standard InChI is InChI=1S/C19H13N3OS/c23-18(13-9-11-20-12-10-13)21-15-7-5-14(6-8-15)19-22-16-3-1-2-4-17(16)24-19/h1-12H,(H,21,23). The number of thiazole rings is 1. The first-order valence-electron chi connectivity index (χ1n) is 7.47. The average molecular weight is 331 g/mol. The largest absolute Gasteiger partial charge is 0.322 e. The van der Waals surface area contributed by atoms with Crippen molar-refractivity contribution in [3.63, 3.8) is 0 Å². The average Bonchev–Trinajstić information content (AvgIpc) is 3.07. The zero-order valence-corrected chi connectivity index (χ0v) is 13.5. The van der Waals surface area contributed by atoms with Crippen molar-refractivity contribution >= 4 is 33.1 Å². The minimum atomic E-state index is -0.148. The van der Waals surface area contributed by atoms with Crippen molar-refractivity contribution in [2.45, 2.75) is 0 Å².